The fraction of sp³-hybridized carbons (Fsp3) is 0.240. The minimum atomic E-state index is -3.69. The number of methoxy groups -OCH3 is 1. The van der Waals surface area contributed by atoms with E-state index in [1.807, 2.05) is 57.2 Å². The van der Waals surface area contributed by atoms with Crippen molar-refractivity contribution in [3.8, 4) is 22.3 Å². The van der Waals surface area contributed by atoms with Gasteiger partial charge in [-0.05, 0) is 54.7 Å². The van der Waals surface area contributed by atoms with Gasteiger partial charge in [0, 0.05) is 18.2 Å². The minimum Gasteiger partial charge on any atom is -0.469 e. The third-order valence-corrected chi connectivity index (χ3v) is 7.91. The molecular formula is C25H25NO4S. The first-order valence-corrected chi connectivity index (χ1v) is 11.5. The number of hydrogen-bond acceptors (Lipinski definition) is 4. The van der Waals surface area contributed by atoms with E-state index in [1.165, 1.54) is 11.4 Å². The summed E-state index contributed by atoms with van der Waals surface area (Å²) in [7, 11) is -0.754. The highest BCUT2D eigenvalue weighted by molar-refractivity contribution is 7.93. The molecule has 0 amide bonds. The molecule has 0 fully saturated rings. The van der Waals surface area contributed by atoms with Crippen molar-refractivity contribution in [2.45, 2.75) is 32.1 Å². The first kappa shape index (κ1) is 21.1. The van der Waals surface area contributed by atoms with Crippen LogP contribution in [-0.4, -0.2) is 28.5 Å². The van der Waals surface area contributed by atoms with E-state index in [4.69, 9.17) is 4.74 Å². The van der Waals surface area contributed by atoms with Crippen LogP contribution in [0, 0.1) is 20.8 Å². The Morgan fingerprint density at radius 3 is 2.23 bits per heavy atom. The van der Waals surface area contributed by atoms with Crippen LogP contribution in [0.4, 0.5) is 5.69 Å². The molecule has 0 saturated carbocycles. The second-order valence-corrected chi connectivity index (χ2v) is 9.85. The van der Waals surface area contributed by atoms with Gasteiger partial charge in [-0.25, -0.2) is 8.42 Å². The smallest absolute Gasteiger partial charge is 0.310 e. The fourth-order valence-electron chi connectivity index (χ4n) is 4.48. The number of esters is 1. The Morgan fingerprint density at radius 2 is 1.58 bits per heavy atom. The van der Waals surface area contributed by atoms with Crippen molar-refractivity contribution >= 4 is 21.7 Å². The van der Waals surface area contributed by atoms with E-state index in [-0.39, 0.29) is 12.4 Å². The zero-order valence-corrected chi connectivity index (χ0v) is 19.1. The first-order chi connectivity index (χ1) is 14.7. The molecule has 6 heteroatoms. The number of aryl methyl sites for hydroxylation is 1. The number of carbonyl (C=O) groups excluding carboxylic acids is 1. The molecule has 0 radical (unpaired) electrons. The van der Waals surface area contributed by atoms with E-state index >= 15 is 0 Å². The highest BCUT2D eigenvalue weighted by Gasteiger charge is 2.36. The van der Waals surface area contributed by atoms with Crippen molar-refractivity contribution in [3.05, 3.63) is 70.8 Å². The predicted molar refractivity (Wildman–Crippen MR) is 123 cm³/mol. The average Bonchev–Trinajstić information content (AvgIpc) is 2.75. The summed E-state index contributed by atoms with van der Waals surface area (Å²) in [5.41, 5.74) is 7.76. The molecule has 3 aromatic rings. The highest BCUT2D eigenvalue weighted by atomic mass is 32.2. The van der Waals surface area contributed by atoms with Crippen molar-refractivity contribution in [1.29, 1.82) is 0 Å². The van der Waals surface area contributed by atoms with Crippen LogP contribution < -0.4 is 4.31 Å². The van der Waals surface area contributed by atoms with Gasteiger partial charge in [-0.1, -0.05) is 48.0 Å². The van der Waals surface area contributed by atoms with Crippen LogP contribution in [0.25, 0.3) is 22.3 Å². The quantitative estimate of drug-likeness (QED) is 0.555. The molecule has 160 valence electrons. The first-order valence-electron chi connectivity index (χ1n) is 10.1. The van der Waals surface area contributed by atoms with Crippen molar-refractivity contribution in [1.82, 2.24) is 0 Å². The van der Waals surface area contributed by atoms with Gasteiger partial charge in [-0.3, -0.25) is 9.10 Å². The van der Waals surface area contributed by atoms with E-state index < -0.39 is 10.0 Å². The Balaban J connectivity index is 2.15. The number of sulfonamides is 1. The number of benzene rings is 3. The van der Waals surface area contributed by atoms with E-state index in [1.54, 1.807) is 19.2 Å². The van der Waals surface area contributed by atoms with Gasteiger partial charge in [0.25, 0.3) is 10.0 Å². The lowest BCUT2D eigenvalue weighted by atomic mass is 9.83. The van der Waals surface area contributed by atoms with Crippen LogP contribution in [0.2, 0.25) is 0 Å². The summed E-state index contributed by atoms with van der Waals surface area (Å²) in [6.07, 6.45) is 0.0647. The summed E-state index contributed by atoms with van der Waals surface area (Å²) < 4.78 is 32.8. The molecule has 1 heterocycles. The van der Waals surface area contributed by atoms with E-state index in [2.05, 4.69) is 0 Å². The van der Waals surface area contributed by atoms with Gasteiger partial charge in [0.1, 0.15) is 0 Å². The SMILES string of the molecule is COC(=O)Cc1c(C)c2c(c(C)c1-c1ccc(C)cc1)-c1ccccc1S(=O)(=O)N2C. The maximum atomic E-state index is 13.2. The van der Waals surface area contributed by atoms with Crippen molar-refractivity contribution in [2.75, 3.05) is 18.5 Å². The van der Waals surface area contributed by atoms with Crippen LogP contribution in [0.15, 0.2) is 53.4 Å². The van der Waals surface area contributed by atoms with Crippen molar-refractivity contribution in [3.63, 3.8) is 0 Å². The molecule has 0 aliphatic carbocycles. The minimum absolute atomic E-state index is 0.0647. The van der Waals surface area contributed by atoms with E-state index in [0.29, 0.717) is 16.1 Å². The molecule has 1 aliphatic rings. The lowest BCUT2D eigenvalue weighted by Gasteiger charge is -2.34. The van der Waals surface area contributed by atoms with Gasteiger partial charge < -0.3 is 4.74 Å². The molecule has 0 bridgehead atoms. The van der Waals surface area contributed by atoms with Gasteiger partial charge in [-0.2, -0.15) is 0 Å². The Hall–Kier alpha value is -3.12. The van der Waals surface area contributed by atoms with Crippen LogP contribution in [0.3, 0.4) is 0 Å². The van der Waals surface area contributed by atoms with Gasteiger partial charge in [-0.15, -0.1) is 0 Å². The Labute approximate surface area is 183 Å². The lowest BCUT2D eigenvalue weighted by molar-refractivity contribution is -0.139. The largest absolute Gasteiger partial charge is 0.469 e. The van der Waals surface area contributed by atoms with E-state index in [9.17, 15) is 13.2 Å². The lowest BCUT2D eigenvalue weighted by Crippen LogP contribution is -2.32. The maximum Gasteiger partial charge on any atom is 0.310 e. The number of ether oxygens (including phenoxy) is 1. The van der Waals surface area contributed by atoms with Crippen LogP contribution >= 0.6 is 0 Å². The normalized spacial score (nSPS) is 14.0. The number of fused-ring (bicyclic) bond motifs is 3. The zero-order chi connectivity index (χ0) is 22.5. The highest BCUT2D eigenvalue weighted by Crippen LogP contribution is 2.50. The molecule has 0 unspecified atom stereocenters. The second kappa shape index (κ2) is 7.54. The number of anilines is 1. The van der Waals surface area contributed by atoms with Gasteiger partial charge in [0.15, 0.2) is 0 Å². The number of rotatable bonds is 3. The summed E-state index contributed by atoms with van der Waals surface area (Å²) >= 11 is 0. The van der Waals surface area contributed by atoms with E-state index in [0.717, 1.165) is 38.9 Å². The molecule has 3 aromatic carbocycles. The number of hydrogen-bond donors (Lipinski definition) is 0. The molecule has 31 heavy (non-hydrogen) atoms. The summed E-state index contributed by atoms with van der Waals surface area (Å²) in [6.45, 7) is 5.91. The summed E-state index contributed by atoms with van der Waals surface area (Å²) in [4.78, 5) is 12.6. The van der Waals surface area contributed by atoms with Gasteiger partial charge in [0.05, 0.1) is 24.1 Å². The molecule has 5 nitrogen and oxygen atoms in total. The van der Waals surface area contributed by atoms with Crippen LogP contribution in [0.5, 0.6) is 0 Å². The summed E-state index contributed by atoms with van der Waals surface area (Å²) in [6, 6.07) is 15.2. The molecule has 0 aromatic heterocycles. The topological polar surface area (TPSA) is 63.7 Å². The molecule has 0 N–H and O–H groups in total. The van der Waals surface area contributed by atoms with Crippen LogP contribution in [-0.2, 0) is 26.0 Å². The second-order valence-electron chi connectivity index (χ2n) is 7.91. The monoisotopic (exact) mass is 435 g/mol. The Bertz CT molecular complexity index is 1310. The Morgan fingerprint density at radius 1 is 0.935 bits per heavy atom. The third-order valence-electron chi connectivity index (χ3n) is 6.10. The third kappa shape index (κ3) is 3.22. The number of nitrogens with zero attached hydrogens (tertiary/aromatic N) is 1. The molecular weight excluding hydrogens is 410 g/mol. The van der Waals surface area contributed by atoms with Gasteiger partial charge >= 0.3 is 5.97 Å². The Kier molecular flexibility index (Phi) is 5.13. The van der Waals surface area contributed by atoms with Gasteiger partial charge in [0.2, 0.25) is 0 Å². The predicted octanol–water partition coefficient (Wildman–Crippen LogP) is 4.80. The summed E-state index contributed by atoms with van der Waals surface area (Å²) in [5.74, 6) is -0.363. The van der Waals surface area contributed by atoms with Crippen molar-refractivity contribution in [2.24, 2.45) is 0 Å². The molecule has 0 spiro atoms. The molecule has 0 saturated heterocycles. The standard InChI is InChI=1S/C25H25NO4S/c1-15-10-12-18(13-11-15)23-17(3)24-19-8-6-7-9-21(19)31(28,29)26(4)25(24)16(2)20(23)14-22(27)30-5/h6-13H,14H2,1-5H3. The molecule has 4 rings (SSSR count). The van der Waals surface area contributed by atoms with Crippen LogP contribution in [0.1, 0.15) is 22.3 Å². The molecule has 1 aliphatic heterocycles. The molecule has 0 atom stereocenters. The number of carbonyl (C=O) groups is 1. The maximum absolute atomic E-state index is 13.2. The summed E-state index contributed by atoms with van der Waals surface area (Å²) in [5, 5.41) is 0. The average molecular weight is 436 g/mol. The van der Waals surface area contributed by atoms with Crippen molar-refractivity contribution < 1.29 is 17.9 Å². The fourth-order valence-corrected chi connectivity index (χ4v) is 5.95. The zero-order valence-electron chi connectivity index (χ0n) is 18.3.